The maximum Gasteiger partial charge on any atom is 0.167 e. The van der Waals surface area contributed by atoms with Crippen LogP contribution in [0.15, 0.2) is 36.4 Å². The van der Waals surface area contributed by atoms with Gasteiger partial charge in [-0.1, -0.05) is 37.6 Å². The topological polar surface area (TPSA) is 0 Å². The van der Waals surface area contributed by atoms with E-state index in [0.717, 1.165) is 63.9 Å². The number of hydrogen-bond donors (Lipinski definition) is 0. The van der Waals surface area contributed by atoms with E-state index in [0.29, 0.717) is 11.1 Å². The van der Waals surface area contributed by atoms with Crippen molar-refractivity contribution < 1.29 is 17.6 Å². The number of rotatable bonds is 5. The highest BCUT2D eigenvalue weighted by molar-refractivity contribution is 5.78. The largest absolute Gasteiger partial charge is 0.206 e. The summed E-state index contributed by atoms with van der Waals surface area (Å²) in [5, 5.41) is 0. The van der Waals surface area contributed by atoms with Gasteiger partial charge in [-0.2, -0.15) is 0 Å². The molecule has 0 atom stereocenters. The Bertz CT molecular complexity index is 1550. The predicted molar refractivity (Wildman–Crippen MR) is 150 cm³/mol. The zero-order valence-electron chi connectivity index (χ0n) is 23.4. The summed E-state index contributed by atoms with van der Waals surface area (Å²) >= 11 is 0. The summed E-state index contributed by atoms with van der Waals surface area (Å²) in [6.07, 6.45) is 1.87. The van der Waals surface area contributed by atoms with Crippen LogP contribution in [0.1, 0.15) is 57.9 Å². The molecule has 0 aromatic heterocycles. The molecule has 198 valence electrons. The molecule has 0 fully saturated rings. The second kappa shape index (κ2) is 10.4. The molecule has 0 heterocycles. The van der Waals surface area contributed by atoms with Crippen LogP contribution in [0, 0.1) is 71.7 Å². The molecule has 4 rings (SSSR count). The lowest BCUT2D eigenvalue weighted by atomic mass is 9.87. The zero-order chi connectivity index (χ0) is 28.0. The van der Waals surface area contributed by atoms with Crippen LogP contribution in [0.4, 0.5) is 17.6 Å². The van der Waals surface area contributed by atoms with E-state index in [1.165, 1.54) is 17.7 Å². The smallest absolute Gasteiger partial charge is 0.167 e. The van der Waals surface area contributed by atoms with Gasteiger partial charge in [0.1, 0.15) is 11.6 Å². The predicted octanol–water partition coefficient (Wildman–Crippen LogP) is 10.4. The first-order valence-electron chi connectivity index (χ1n) is 13.0. The third kappa shape index (κ3) is 4.55. The van der Waals surface area contributed by atoms with Crippen LogP contribution < -0.4 is 0 Å². The Labute approximate surface area is 223 Å². The van der Waals surface area contributed by atoms with Gasteiger partial charge >= 0.3 is 0 Å². The number of aryl methyl sites for hydroxylation is 2. The van der Waals surface area contributed by atoms with Gasteiger partial charge in [0.2, 0.25) is 0 Å². The Morgan fingerprint density at radius 2 is 1.05 bits per heavy atom. The third-order valence-electron chi connectivity index (χ3n) is 8.23. The molecule has 0 aliphatic carbocycles. The summed E-state index contributed by atoms with van der Waals surface area (Å²) in [5.41, 5.74) is 8.80. The first kappa shape index (κ1) is 27.6. The van der Waals surface area contributed by atoms with E-state index in [4.69, 9.17) is 0 Å². The molecule has 0 saturated carbocycles. The highest BCUT2D eigenvalue weighted by atomic mass is 19.2. The quantitative estimate of drug-likeness (QED) is 0.231. The van der Waals surface area contributed by atoms with E-state index in [1.54, 1.807) is 0 Å². The second-order valence-corrected chi connectivity index (χ2v) is 10.4. The molecule has 0 amide bonds. The van der Waals surface area contributed by atoms with Crippen molar-refractivity contribution in [3.8, 4) is 33.4 Å². The van der Waals surface area contributed by atoms with E-state index in [1.807, 2.05) is 60.6 Å². The lowest BCUT2D eigenvalue weighted by molar-refractivity contribution is 0.513. The molecular formula is C34H34F4. The molecule has 0 aliphatic rings. The Morgan fingerprint density at radius 3 is 1.66 bits per heavy atom. The van der Waals surface area contributed by atoms with Gasteiger partial charge in [-0.25, -0.2) is 17.6 Å². The maximum absolute atomic E-state index is 15.5. The van der Waals surface area contributed by atoms with Crippen molar-refractivity contribution in [2.45, 2.75) is 68.2 Å². The van der Waals surface area contributed by atoms with E-state index < -0.39 is 23.3 Å². The standard InChI is InChI=1S/C34H34F4/c1-9-10-25-18(3)14-29(23(8)22(25)7)32-30(35)15-24(16-31(32)36)26-11-12-27(34(38)33(26)37)28-13-17(2)19(4)20(5)21(28)6/h11-16H,9-10H2,1-8H3. The molecule has 0 saturated heterocycles. The van der Waals surface area contributed by atoms with Gasteiger partial charge < -0.3 is 0 Å². The average molecular weight is 519 g/mol. The summed E-state index contributed by atoms with van der Waals surface area (Å²) in [6, 6.07) is 8.72. The number of hydrogen-bond acceptors (Lipinski definition) is 0. The van der Waals surface area contributed by atoms with Gasteiger partial charge in [-0.3, -0.25) is 0 Å². The summed E-state index contributed by atoms with van der Waals surface area (Å²) < 4.78 is 61.8. The van der Waals surface area contributed by atoms with Gasteiger partial charge in [0.15, 0.2) is 11.6 Å². The fourth-order valence-electron chi connectivity index (χ4n) is 5.49. The Morgan fingerprint density at radius 1 is 0.526 bits per heavy atom. The first-order valence-corrected chi connectivity index (χ1v) is 13.0. The lowest BCUT2D eigenvalue weighted by Gasteiger charge is -2.18. The third-order valence-corrected chi connectivity index (χ3v) is 8.23. The molecule has 0 N–H and O–H groups in total. The SMILES string of the molecule is CCCc1c(C)cc(-c2c(F)cc(-c3ccc(-c4cc(C)c(C)c(C)c4C)c(F)c3F)cc2F)c(C)c1C. The van der Waals surface area contributed by atoms with Crippen molar-refractivity contribution in [1.82, 2.24) is 0 Å². The summed E-state index contributed by atoms with van der Waals surface area (Å²) in [4.78, 5) is 0. The van der Waals surface area contributed by atoms with E-state index in [2.05, 4.69) is 6.92 Å². The summed E-state index contributed by atoms with van der Waals surface area (Å²) in [5.74, 6) is -3.79. The molecule has 0 nitrogen and oxygen atoms in total. The molecular weight excluding hydrogens is 484 g/mol. The molecule has 38 heavy (non-hydrogen) atoms. The number of halogens is 4. The highest BCUT2D eigenvalue weighted by Crippen LogP contribution is 2.39. The molecule has 4 aromatic rings. The lowest BCUT2D eigenvalue weighted by Crippen LogP contribution is -2.02. The summed E-state index contributed by atoms with van der Waals surface area (Å²) in [6.45, 7) is 15.6. The van der Waals surface area contributed by atoms with Crippen LogP contribution in [-0.4, -0.2) is 0 Å². The van der Waals surface area contributed by atoms with Crippen LogP contribution in [0.2, 0.25) is 0 Å². The fourth-order valence-corrected chi connectivity index (χ4v) is 5.49. The normalized spacial score (nSPS) is 11.4. The minimum absolute atomic E-state index is 0.0478. The number of benzene rings is 4. The van der Waals surface area contributed by atoms with E-state index in [-0.39, 0.29) is 22.3 Å². The molecule has 4 aromatic carbocycles. The van der Waals surface area contributed by atoms with Crippen LogP contribution in [-0.2, 0) is 6.42 Å². The molecule has 0 spiro atoms. The van der Waals surface area contributed by atoms with E-state index >= 15 is 17.6 Å². The molecule has 0 unspecified atom stereocenters. The molecule has 0 radical (unpaired) electrons. The van der Waals surface area contributed by atoms with Gasteiger partial charge in [-0.05, 0) is 128 Å². The van der Waals surface area contributed by atoms with Gasteiger partial charge in [-0.15, -0.1) is 0 Å². The van der Waals surface area contributed by atoms with Crippen molar-refractivity contribution in [1.29, 1.82) is 0 Å². The Balaban J connectivity index is 1.83. The van der Waals surface area contributed by atoms with Crippen molar-refractivity contribution in [3.63, 3.8) is 0 Å². The summed E-state index contributed by atoms with van der Waals surface area (Å²) in [7, 11) is 0. The zero-order valence-corrected chi connectivity index (χ0v) is 23.4. The minimum Gasteiger partial charge on any atom is -0.206 e. The van der Waals surface area contributed by atoms with Crippen molar-refractivity contribution in [3.05, 3.63) is 104 Å². The maximum atomic E-state index is 15.5. The minimum atomic E-state index is -1.13. The van der Waals surface area contributed by atoms with Crippen LogP contribution in [0.5, 0.6) is 0 Å². The van der Waals surface area contributed by atoms with Crippen LogP contribution in [0.3, 0.4) is 0 Å². The first-order chi connectivity index (χ1) is 17.9. The van der Waals surface area contributed by atoms with Crippen LogP contribution >= 0.6 is 0 Å². The van der Waals surface area contributed by atoms with Gasteiger partial charge in [0, 0.05) is 11.1 Å². The molecule has 0 bridgehead atoms. The monoisotopic (exact) mass is 518 g/mol. The molecule has 0 aliphatic heterocycles. The fraction of sp³-hybridized carbons (Fsp3) is 0.294. The second-order valence-electron chi connectivity index (χ2n) is 10.4. The highest BCUT2D eigenvalue weighted by Gasteiger charge is 2.23. The van der Waals surface area contributed by atoms with Gasteiger partial charge in [0.05, 0.1) is 5.56 Å². The Hall–Kier alpha value is -3.40. The van der Waals surface area contributed by atoms with Crippen molar-refractivity contribution in [2.75, 3.05) is 0 Å². The Kier molecular flexibility index (Phi) is 7.56. The van der Waals surface area contributed by atoms with Crippen molar-refractivity contribution >= 4 is 0 Å². The van der Waals surface area contributed by atoms with Crippen molar-refractivity contribution in [2.24, 2.45) is 0 Å². The molecule has 4 heteroatoms. The average Bonchev–Trinajstić information content (AvgIpc) is 2.87. The van der Waals surface area contributed by atoms with E-state index in [9.17, 15) is 0 Å². The van der Waals surface area contributed by atoms with Crippen LogP contribution in [0.25, 0.3) is 33.4 Å². The van der Waals surface area contributed by atoms with Gasteiger partial charge in [0.25, 0.3) is 0 Å².